The Morgan fingerprint density at radius 1 is 1.40 bits per heavy atom. The molecule has 0 aliphatic heterocycles. The fraction of sp³-hybridized carbons (Fsp3) is 0.400. The predicted molar refractivity (Wildman–Crippen MR) is 83.9 cm³/mol. The Morgan fingerprint density at radius 3 is 2.85 bits per heavy atom. The molecule has 0 radical (unpaired) electrons. The lowest BCUT2D eigenvalue weighted by molar-refractivity contribution is 0.300. The fourth-order valence-electron chi connectivity index (χ4n) is 2.14. The third kappa shape index (κ3) is 3.61. The number of hydrogen-bond donors (Lipinski definition) is 1. The Morgan fingerprint density at radius 2 is 2.20 bits per heavy atom. The average Bonchev–Trinajstić information content (AvgIpc) is 2.86. The zero-order chi connectivity index (χ0) is 14.5. The molecule has 0 atom stereocenters. The molecule has 1 aromatic carbocycles. The van der Waals surface area contributed by atoms with Gasteiger partial charge in [0.1, 0.15) is 12.4 Å². The second-order valence-electron chi connectivity index (χ2n) is 4.73. The molecule has 20 heavy (non-hydrogen) atoms. The molecule has 0 saturated heterocycles. The van der Waals surface area contributed by atoms with Gasteiger partial charge in [0, 0.05) is 34.9 Å². The molecule has 4 nitrogen and oxygen atoms in total. The summed E-state index contributed by atoms with van der Waals surface area (Å²) in [6, 6.07) is 4.16. The van der Waals surface area contributed by atoms with Crippen LogP contribution >= 0.6 is 15.9 Å². The van der Waals surface area contributed by atoms with E-state index in [4.69, 9.17) is 4.74 Å². The number of hydrogen-bond acceptors (Lipinski definition) is 3. The van der Waals surface area contributed by atoms with Crippen LogP contribution in [0.25, 0.3) is 0 Å². The number of ether oxygens (including phenoxy) is 1. The summed E-state index contributed by atoms with van der Waals surface area (Å²) in [5, 5.41) is 7.43. The lowest BCUT2D eigenvalue weighted by Crippen LogP contribution is -2.08. The van der Waals surface area contributed by atoms with E-state index < -0.39 is 0 Å². The van der Waals surface area contributed by atoms with E-state index in [1.54, 1.807) is 0 Å². The predicted octanol–water partition coefficient (Wildman–Crippen LogP) is 3.27. The molecular weight excluding hydrogens is 318 g/mol. The normalized spacial score (nSPS) is 10.8. The van der Waals surface area contributed by atoms with Crippen molar-refractivity contribution >= 4 is 15.9 Å². The van der Waals surface area contributed by atoms with Crippen LogP contribution in [0.5, 0.6) is 5.75 Å². The number of rotatable bonds is 6. The van der Waals surface area contributed by atoms with Crippen molar-refractivity contribution in [3.8, 4) is 5.75 Å². The standard InChI is InChI=1S/C15H20BrN3O/c1-4-19-9-12(7-18-19)10-20-15-11(2)5-14(16)6-13(15)8-17-3/h5-7,9,17H,4,8,10H2,1-3H3. The van der Waals surface area contributed by atoms with Crippen molar-refractivity contribution in [3.63, 3.8) is 0 Å². The lowest BCUT2D eigenvalue weighted by Gasteiger charge is -2.14. The average molecular weight is 338 g/mol. The van der Waals surface area contributed by atoms with Crippen LogP contribution in [0.1, 0.15) is 23.6 Å². The summed E-state index contributed by atoms with van der Waals surface area (Å²) in [7, 11) is 1.94. The van der Waals surface area contributed by atoms with Gasteiger partial charge in [-0.3, -0.25) is 4.68 Å². The fourth-order valence-corrected chi connectivity index (χ4v) is 2.76. The van der Waals surface area contributed by atoms with Gasteiger partial charge in [-0.25, -0.2) is 0 Å². The van der Waals surface area contributed by atoms with Crippen molar-refractivity contribution in [2.24, 2.45) is 0 Å². The summed E-state index contributed by atoms with van der Waals surface area (Å²) in [5.74, 6) is 0.951. The van der Waals surface area contributed by atoms with Crippen LogP contribution in [0.15, 0.2) is 29.0 Å². The maximum absolute atomic E-state index is 6.01. The maximum atomic E-state index is 6.01. The van der Waals surface area contributed by atoms with Gasteiger partial charge in [-0.2, -0.15) is 5.10 Å². The highest BCUT2D eigenvalue weighted by Crippen LogP contribution is 2.28. The molecule has 2 aromatic rings. The number of nitrogens with one attached hydrogen (secondary N) is 1. The smallest absolute Gasteiger partial charge is 0.127 e. The van der Waals surface area contributed by atoms with Gasteiger partial charge in [0.25, 0.3) is 0 Å². The van der Waals surface area contributed by atoms with Gasteiger partial charge in [-0.05, 0) is 38.6 Å². The molecule has 1 N–H and O–H groups in total. The SMILES string of the molecule is CCn1cc(COc2c(C)cc(Br)cc2CNC)cn1. The Balaban J connectivity index is 2.15. The molecule has 1 heterocycles. The third-order valence-electron chi connectivity index (χ3n) is 3.08. The van der Waals surface area contributed by atoms with Crippen LogP contribution in [-0.4, -0.2) is 16.8 Å². The van der Waals surface area contributed by atoms with E-state index in [0.717, 1.165) is 40.0 Å². The van der Waals surface area contributed by atoms with Crippen molar-refractivity contribution < 1.29 is 4.74 Å². The summed E-state index contributed by atoms with van der Waals surface area (Å²) in [5.41, 5.74) is 3.37. The van der Waals surface area contributed by atoms with E-state index in [1.165, 1.54) is 0 Å². The van der Waals surface area contributed by atoms with Crippen molar-refractivity contribution in [1.82, 2.24) is 15.1 Å². The first-order valence-electron chi connectivity index (χ1n) is 6.71. The van der Waals surface area contributed by atoms with E-state index in [-0.39, 0.29) is 0 Å². The Kier molecular flexibility index (Phi) is 5.20. The molecule has 0 saturated carbocycles. The van der Waals surface area contributed by atoms with Crippen LogP contribution < -0.4 is 10.1 Å². The molecular formula is C15H20BrN3O. The van der Waals surface area contributed by atoms with Gasteiger partial charge in [0.2, 0.25) is 0 Å². The van der Waals surface area contributed by atoms with Gasteiger partial charge < -0.3 is 10.1 Å². The largest absolute Gasteiger partial charge is 0.488 e. The summed E-state index contributed by atoms with van der Waals surface area (Å²) < 4.78 is 8.98. The van der Waals surface area contributed by atoms with Gasteiger partial charge in [0.05, 0.1) is 6.20 Å². The van der Waals surface area contributed by atoms with Crippen molar-refractivity contribution in [3.05, 3.63) is 45.7 Å². The molecule has 0 aliphatic carbocycles. The Hall–Kier alpha value is -1.33. The lowest BCUT2D eigenvalue weighted by atomic mass is 10.1. The first kappa shape index (κ1) is 15.1. The van der Waals surface area contributed by atoms with E-state index >= 15 is 0 Å². The minimum absolute atomic E-state index is 0.541. The maximum Gasteiger partial charge on any atom is 0.127 e. The zero-order valence-electron chi connectivity index (χ0n) is 12.1. The molecule has 5 heteroatoms. The quantitative estimate of drug-likeness (QED) is 0.879. The number of halogens is 1. The topological polar surface area (TPSA) is 39.1 Å². The monoisotopic (exact) mass is 337 g/mol. The number of aromatic nitrogens is 2. The van der Waals surface area contributed by atoms with Gasteiger partial charge in [-0.15, -0.1) is 0 Å². The first-order valence-corrected chi connectivity index (χ1v) is 7.51. The summed E-state index contributed by atoms with van der Waals surface area (Å²) in [4.78, 5) is 0. The van der Waals surface area contributed by atoms with E-state index in [9.17, 15) is 0 Å². The molecule has 0 bridgehead atoms. The zero-order valence-corrected chi connectivity index (χ0v) is 13.7. The molecule has 0 fully saturated rings. The van der Waals surface area contributed by atoms with Crippen LogP contribution in [0.2, 0.25) is 0 Å². The van der Waals surface area contributed by atoms with Crippen molar-refractivity contribution in [2.75, 3.05) is 7.05 Å². The minimum atomic E-state index is 0.541. The number of nitrogens with zero attached hydrogens (tertiary/aromatic N) is 2. The molecule has 0 amide bonds. The highest BCUT2D eigenvalue weighted by atomic mass is 79.9. The Labute approximate surface area is 128 Å². The molecule has 2 rings (SSSR count). The van der Waals surface area contributed by atoms with Crippen LogP contribution in [-0.2, 0) is 19.7 Å². The van der Waals surface area contributed by atoms with Crippen molar-refractivity contribution in [1.29, 1.82) is 0 Å². The molecule has 108 valence electrons. The summed E-state index contributed by atoms with van der Waals surface area (Å²) in [6.07, 6.45) is 3.88. The Bertz CT molecular complexity index is 580. The number of aryl methyl sites for hydroxylation is 2. The number of benzene rings is 1. The summed E-state index contributed by atoms with van der Waals surface area (Å²) in [6.45, 7) is 6.33. The van der Waals surface area contributed by atoms with Gasteiger partial charge >= 0.3 is 0 Å². The summed E-state index contributed by atoms with van der Waals surface area (Å²) >= 11 is 3.53. The molecule has 0 unspecified atom stereocenters. The van der Waals surface area contributed by atoms with E-state index in [2.05, 4.69) is 52.3 Å². The second kappa shape index (κ2) is 6.90. The molecule has 1 aromatic heterocycles. The van der Waals surface area contributed by atoms with E-state index in [0.29, 0.717) is 6.61 Å². The second-order valence-corrected chi connectivity index (χ2v) is 5.65. The van der Waals surface area contributed by atoms with Gasteiger partial charge in [-0.1, -0.05) is 15.9 Å². The van der Waals surface area contributed by atoms with Crippen molar-refractivity contribution in [2.45, 2.75) is 33.5 Å². The minimum Gasteiger partial charge on any atom is -0.488 e. The first-order chi connectivity index (χ1) is 9.63. The molecule has 0 aliphatic rings. The highest BCUT2D eigenvalue weighted by molar-refractivity contribution is 9.10. The van der Waals surface area contributed by atoms with Crippen LogP contribution in [0.4, 0.5) is 0 Å². The highest BCUT2D eigenvalue weighted by Gasteiger charge is 2.09. The van der Waals surface area contributed by atoms with Crippen LogP contribution in [0, 0.1) is 6.92 Å². The van der Waals surface area contributed by atoms with Crippen LogP contribution in [0.3, 0.4) is 0 Å². The third-order valence-corrected chi connectivity index (χ3v) is 3.54. The van der Waals surface area contributed by atoms with E-state index in [1.807, 2.05) is 24.1 Å². The van der Waals surface area contributed by atoms with Gasteiger partial charge in [0.15, 0.2) is 0 Å². The molecule has 0 spiro atoms.